The van der Waals surface area contributed by atoms with Gasteiger partial charge < -0.3 is 10.2 Å². The van der Waals surface area contributed by atoms with Crippen LogP contribution in [0.2, 0.25) is 0 Å². The molecule has 1 unspecified atom stereocenters. The van der Waals surface area contributed by atoms with Gasteiger partial charge in [0.2, 0.25) is 0 Å². The van der Waals surface area contributed by atoms with E-state index in [1.807, 2.05) is 0 Å². The van der Waals surface area contributed by atoms with E-state index in [0.717, 1.165) is 61.8 Å². The van der Waals surface area contributed by atoms with Crippen molar-refractivity contribution in [1.82, 2.24) is 0 Å². The molecule has 152 valence electrons. The monoisotopic (exact) mass is 404 g/mol. The third-order valence-electron chi connectivity index (χ3n) is 5.13. The quantitative estimate of drug-likeness (QED) is 0.735. The van der Waals surface area contributed by atoms with Crippen LogP contribution in [0.5, 0.6) is 0 Å². The van der Waals surface area contributed by atoms with E-state index in [0.29, 0.717) is 11.1 Å². The molecule has 3 N–H and O–H groups in total. The molecular weight excluding hydrogens is 382 g/mol. The third-order valence-corrected chi connectivity index (χ3v) is 5.13. The Morgan fingerprint density at radius 1 is 0.679 bits per heavy atom. The van der Waals surface area contributed by atoms with Crippen molar-refractivity contribution in [1.29, 1.82) is 0 Å². The number of alkyl halides is 6. The second-order valence-electron chi connectivity index (χ2n) is 7.05. The zero-order valence-corrected chi connectivity index (χ0v) is 15.1. The molecule has 1 aliphatic rings. The first-order valence-corrected chi connectivity index (χ1v) is 9.17. The molecule has 1 heterocycles. The minimum absolute atomic E-state index is 0.309. The summed E-state index contributed by atoms with van der Waals surface area (Å²) in [5.41, 5.74) is -0.127. The normalized spacial score (nSPS) is 18.9. The fourth-order valence-corrected chi connectivity index (χ4v) is 3.71. The van der Waals surface area contributed by atoms with Crippen molar-refractivity contribution < 1.29 is 36.6 Å². The van der Waals surface area contributed by atoms with Gasteiger partial charge in [-0.1, -0.05) is 24.3 Å². The second-order valence-corrected chi connectivity index (χ2v) is 7.05. The van der Waals surface area contributed by atoms with E-state index in [-0.39, 0.29) is 6.04 Å². The largest absolute Gasteiger partial charge is 0.416 e. The van der Waals surface area contributed by atoms with Gasteiger partial charge >= 0.3 is 12.4 Å². The Morgan fingerprint density at radius 3 is 1.57 bits per heavy atom. The van der Waals surface area contributed by atoms with Crippen LogP contribution in [0, 0.1) is 0 Å². The van der Waals surface area contributed by atoms with Crippen molar-refractivity contribution in [2.24, 2.45) is 0 Å². The molecule has 0 spiro atoms. The molecule has 2 nitrogen and oxygen atoms in total. The summed E-state index contributed by atoms with van der Waals surface area (Å²) in [6, 6.07) is 9.59. The fraction of sp³-hybridized carbons (Fsp3) is 0.400. The Kier molecular flexibility index (Phi) is 6.00. The van der Waals surface area contributed by atoms with Crippen LogP contribution in [-0.2, 0) is 12.4 Å². The van der Waals surface area contributed by atoms with Gasteiger partial charge in [-0.15, -0.1) is 0 Å². The molecular formula is C20H22F6N2+2. The van der Waals surface area contributed by atoms with E-state index < -0.39 is 23.5 Å². The lowest BCUT2D eigenvalue weighted by Gasteiger charge is -2.28. The fourth-order valence-electron chi connectivity index (χ4n) is 3.71. The van der Waals surface area contributed by atoms with E-state index in [4.69, 9.17) is 0 Å². The molecule has 2 aromatic carbocycles. The van der Waals surface area contributed by atoms with Gasteiger partial charge in [0.25, 0.3) is 0 Å². The maximum absolute atomic E-state index is 12.9. The van der Waals surface area contributed by atoms with Gasteiger partial charge in [0.05, 0.1) is 24.2 Å². The number of hydrogen-bond acceptors (Lipinski definition) is 0. The summed E-state index contributed by atoms with van der Waals surface area (Å²) in [6.45, 7) is 3.43. The molecule has 8 heteroatoms. The van der Waals surface area contributed by atoms with Gasteiger partial charge in [0.15, 0.2) is 0 Å². The van der Waals surface area contributed by atoms with Crippen molar-refractivity contribution in [2.75, 3.05) is 26.2 Å². The van der Waals surface area contributed by atoms with E-state index in [1.54, 1.807) is 0 Å². The molecule has 28 heavy (non-hydrogen) atoms. The van der Waals surface area contributed by atoms with Crippen LogP contribution in [0.4, 0.5) is 26.3 Å². The van der Waals surface area contributed by atoms with Crippen LogP contribution >= 0.6 is 0 Å². The molecule has 0 aliphatic carbocycles. The average Bonchev–Trinajstić information content (AvgIpc) is 2.91. The first-order chi connectivity index (χ1) is 13.2. The Labute approximate surface area is 159 Å². The number of halogens is 6. The zero-order valence-electron chi connectivity index (χ0n) is 15.1. The SMILES string of the molecule is FC(F)(F)c1ccc(C(c2ccc(C(F)(F)F)cc2)[NH+]2CCC[NH2+]CC2)cc1. The van der Waals surface area contributed by atoms with Crippen LogP contribution < -0.4 is 10.2 Å². The molecule has 0 amide bonds. The van der Waals surface area contributed by atoms with Gasteiger partial charge in [-0.3, -0.25) is 0 Å². The maximum atomic E-state index is 12.9. The number of quaternary nitrogens is 2. The van der Waals surface area contributed by atoms with Gasteiger partial charge in [-0.25, -0.2) is 0 Å². The number of nitrogens with one attached hydrogen (secondary N) is 1. The zero-order chi connectivity index (χ0) is 20.4. The van der Waals surface area contributed by atoms with E-state index in [9.17, 15) is 26.3 Å². The maximum Gasteiger partial charge on any atom is 0.416 e. The lowest BCUT2D eigenvalue weighted by Crippen LogP contribution is -3.13. The number of hydrogen-bond donors (Lipinski definition) is 2. The first kappa shape index (κ1) is 20.7. The third kappa shape index (κ3) is 4.86. The van der Waals surface area contributed by atoms with Crippen LogP contribution in [0.1, 0.15) is 34.7 Å². The molecule has 0 aromatic heterocycles. The highest BCUT2D eigenvalue weighted by Crippen LogP contribution is 2.32. The first-order valence-electron chi connectivity index (χ1n) is 9.17. The van der Waals surface area contributed by atoms with E-state index >= 15 is 0 Å². The van der Waals surface area contributed by atoms with Crippen LogP contribution in [-0.4, -0.2) is 26.2 Å². The molecule has 1 fully saturated rings. The lowest BCUT2D eigenvalue weighted by molar-refractivity contribution is -0.929. The van der Waals surface area contributed by atoms with Gasteiger partial charge in [0, 0.05) is 17.5 Å². The average molecular weight is 404 g/mol. The topological polar surface area (TPSA) is 21.1 Å². The van der Waals surface area contributed by atoms with E-state index in [2.05, 4.69) is 5.32 Å². The summed E-state index contributed by atoms with van der Waals surface area (Å²) in [7, 11) is 0. The number of nitrogens with two attached hydrogens (primary N) is 1. The van der Waals surface area contributed by atoms with Crippen molar-refractivity contribution in [3.05, 3.63) is 70.8 Å². The molecule has 1 saturated heterocycles. The Hall–Kier alpha value is -2.06. The Morgan fingerprint density at radius 2 is 1.14 bits per heavy atom. The highest BCUT2D eigenvalue weighted by atomic mass is 19.4. The predicted molar refractivity (Wildman–Crippen MR) is 91.7 cm³/mol. The number of rotatable bonds is 3. The Balaban J connectivity index is 1.97. The summed E-state index contributed by atoms with van der Waals surface area (Å²) in [5.74, 6) is 0. The molecule has 0 saturated carbocycles. The summed E-state index contributed by atoms with van der Waals surface area (Å²) in [5, 5.41) is 2.18. The molecule has 0 radical (unpaired) electrons. The van der Waals surface area contributed by atoms with Crippen LogP contribution in [0.25, 0.3) is 0 Å². The minimum Gasteiger partial charge on any atom is -0.341 e. The van der Waals surface area contributed by atoms with Crippen LogP contribution in [0.3, 0.4) is 0 Å². The van der Waals surface area contributed by atoms with Crippen molar-refractivity contribution in [3.8, 4) is 0 Å². The predicted octanol–water partition coefficient (Wildman–Crippen LogP) is 2.67. The molecule has 2 aromatic rings. The van der Waals surface area contributed by atoms with Gasteiger partial charge in [-0.2, -0.15) is 26.3 Å². The van der Waals surface area contributed by atoms with Gasteiger partial charge in [-0.05, 0) is 24.3 Å². The summed E-state index contributed by atoms with van der Waals surface area (Å²) in [4.78, 5) is 1.15. The highest BCUT2D eigenvalue weighted by molar-refractivity contribution is 5.34. The molecule has 3 rings (SSSR count). The summed E-state index contributed by atoms with van der Waals surface area (Å²) < 4.78 is 77.4. The number of benzene rings is 2. The summed E-state index contributed by atoms with van der Waals surface area (Å²) >= 11 is 0. The van der Waals surface area contributed by atoms with E-state index in [1.165, 1.54) is 24.3 Å². The standard InChI is InChI=1S/C20H20F6N2/c21-19(22,23)16-6-2-14(3-7-16)18(28-12-1-10-27-11-13-28)15-4-8-17(9-5-15)20(24,25)26/h2-9,18,27H,1,10-13H2/p+2. The van der Waals surface area contributed by atoms with Crippen molar-refractivity contribution in [3.63, 3.8) is 0 Å². The van der Waals surface area contributed by atoms with Crippen molar-refractivity contribution >= 4 is 0 Å². The smallest absolute Gasteiger partial charge is 0.341 e. The van der Waals surface area contributed by atoms with Gasteiger partial charge in [0.1, 0.15) is 19.1 Å². The molecule has 1 aliphatic heterocycles. The minimum atomic E-state index is -4.42. The Bertz CT molecular complexity index is 700. The second kappa shape index (κ2) is 8.13. The molecule has 0 bridgehead atoms. The summed E-state index contributed by atoms with van der Waals surface area (Å²) in [6.07, 6.45) is -7.91. The molecule has 1 atom stereocenters. The van der Waals surface area contributed by atoms with Crippen molar-refractivity contribution in [2.45, 2.75) is 24.8 Å². The highest BCUT2D eigenvalue weighted by Gasteiger charge is 2.34. The van der Waals surface area contributed by atoms with Crippen LogP contribution in [0.15, 0.2) is 48.5 Å². The lowest BCUT2D eigenvalue weighted by atomic mass is 9.95.